The van der Waals surface area contributed by atoms with Gasteiger partial charge in [0.15, 0.2) is 0 Å². The lowest BCUT2D eigenvalue weighted by Crippen LogP contribution is -2.03. The first kappa shape index (κ1) is 13.5. The Balaban J connectivity index is 2.23. The Kier molecular flexibility index (Phi) is 4.40. The monoisotopic (exact) mass is 262 g/mol. The number of thiazole rings is 1. The van der Waals surface area contributed by atoms with Gasteiger partial charge in [-0.25, -0.2) is 4.98 Å². The zero-order chi connectivity index (χ0) is 13.1. The molecule has 1 aliphatic carbocycles. The van der Waals surface area contributed by atoms with Crippen LogP contribution < -0.4 is 0 Å². The molecule has 0 bridgehead atoms. The molecule has 0 amide bonds. The highest BCUT2D eigenvalue weighted by atomic mass is 32.1. The van der Waals surface area contributed by atoms with E-state index in [1.54, 1.807) is 11.3 Å². The zero-order valence-corrected chi connectivity index (χ0v) is 12.4. The highest BCUT2D eigenvalue weighted by molar-refractivity contribution is 7.12. The average Bonchev–Trinajstić information content (AvgIpc) is 2.73. The van der Waals surface area contributed by atoms with Crippen LogP contribution in [0.5, 0.6) is 0 Å². The third kappa shape index (κ3) is 2.75. The maximum atomic E-state index is 9.32. The molecule has 1 fully saturated rings. The molecule has 1 unspecified atom stereocenters. The highest BCUT2D eigenvalue weighted by Gasteiger charge is 2.25. The van der Waals surface area contributed by atoms with E-state index in [1.807, 2.05) is 0 Å². The Morgan fingerprint density at radius 3 is 2.50 bits per heavy atom. The molecule has 0 spiro atoms. The number of hydrogen-bond donors (Lipinski definition) is 0. The van der Waals surface area contributed by atoms with Gasteiger partial charge in [-0.1, -0.05) is 33.1 Å². The fraction of sp³-hybridized carbons (Fsp3) is 0.733. The summed E-state index contributed by atoms with van der Waals surface area (Å²) >= 11 is 1.79. The van der Waals surface area contributed by atoms with Gasteiger partial charge in [0, 0.05) is 10.8 Å². The molecular weight excluding hydrogens is 240 g/mol. The van der Waals surface area contributed by atoms with Gasteiger partial charge in [0.25, 0.3) is 0 Å². The van der Waals surface area contributed by atoms with Gasteiger partial charge in [-0.15, -0.1) is 11.3 Å². The summed E-state index contributed by atoms with van der Waals surface area (Å²) in [5.41, 5.74) is 1.08. The van der Waals surface area contributed by atoms with Crippen molar-refractivity contribution in [3.8, 4) is 6.07 Å². The van der Waals surface area contributed by atoms with E-state index < -0.39 is 0 Å². The summed E-state index contributed by atoms with van der Waals surface area (Å²) in [6, 6.07) is 2.45. The molecule has 1 aromatic rings. The molecule has 2 nitrogen and oxygen atoms in total. The van der Waals surface area contributed by atoms with Crippen LogP contribution in [-0.2, 0) is 0 Å². The van der Waals surface area contributed by atoms with E-state index in [2.05, 4.69) is 26.8 Å². The molecule has 0 aliphatic heterocycles. The lowest BCUT2D eigenvalue weighted by Gasteiger charge is -2.19. The average molecular weight is 262 g/mol. The molecule has 0 saturated heterocycles. The zero-order valence-electron chi connectivity index (χ0n) is 11.6. The van der Waals surface area contributed by atoms with Crippen molar-refractivity contribution >= 4 is 11.3 Å². The molecule has 3 heteroatoms. The van der Waals surface area contributed by atoms with E-state index >= 15 is 0 Å². The molecule has 0 aromatic carbocycles. The number of rotatable bonds is 3. The number of aromatic nitrogens is 1. The predicted octanol–water partition coefficient (Wildman–Crippen LogP) is 4.76. The first-order chi connectivity index (χ1) is 8.63. The predicted molar refractivity (Wildman–Crippen MR) is 75.9 cm³/mol. The van der Waals surface area contributed by atoms with Gasteiger partial charge in [-0.2, -0.15) is 5.26 Å². The molecular formula is C15H22N2S. The van der Waals surface area contributed by atoms with Crippen LogP contribution in [0.4, 0.5) is 0 Å². The van der Waals surface area contributed by atoms with Crippen LogP contribution in [0, 0.1) is 24.2 Å². The van der Waals surface area contributed by atoms with Crippen LogP contribution in [0.25, 0.3) is 0 Å². The summed E-state index contributed by atoms with van der Waals surface area (Å²) in [6.45, 7) is 6.30. The second kappa shape index (κ2) is 5.84. The third-order valence-corrected chi connectivity index (χ3v) is 5.29. The van der Waals surface area contributed by atoms with Crippen molar-refractivity contribution in [3.63, 3.8) is 0 Å². The van der Waals surface area contributed by atoms with Gasteiger partial charge in [0.2, 0.25) is 0 Å². The fourth-order valence-corrected chi connectivity index (χ4v) is 4.21. The topological polar surface area (TPSA) is 36.7 Å². The molecule has 1 aromatic heterocycles. The quantitative estimate of drug-likeness (QED) is 0.787. The van der Waals surface area contributed by atoms with Gasteiger partial charge in [-0.3, -0.25) is 0 Å². The van der Waals surface area contributed by atoms with Crippen molar-refractivity contribution in [2.45, 2.75) is 64.7 Å². The van der Waals surface area contributed by atoms with E-state index in [4.69, 9.17) is 4.98 Å². The van der Waals surface area contributed by atoms with Gasteiger partial charge >= 0.3 is 0 Å². The summed E-state index contributed by atoms with van der Waals surface area (Å²) in [5, 5.41) is 10.6. The van der Waals surface area contributed by atoms with E-state index in [-0.39, 0.29) is 5.92 Å². The first-order valence-corrected chi connectivity index (χ1v) is 7.82. The SMILES string of the molecule is Cc1nc(C2CCCCC2)sc1C(C#N)C(C)C. The summed E-state index contributed by atoms with van der Waals surface area (Å²) in [7, 11) is 0. The fourth-order valence-electron chi connectivity index (χ4n) is 2.75. The van der Waals surface area contributed by atoms with Crippen LogP contribution >= 0.6 is 11.3 Å². The normalized spacial score (nSPS) is 18.8. The Hall–Kier alpha value is -0.880. The van der Waals surface area contributed by atoms with E-state index in [9.17, 15) is 5.26 Å². The number of hydrogen-bond acceptors (Lipinski definition) is 3. The summed E-state index contributed by atoms with van der Waals surface area (Å²) in [6.07, 6.45) is 6.62. The molecule has 1 atom stereocenters. The Labute approximate surface area is 114 Å². The molecule has 18 heavy (non-hydrogen) atoms. The van der Waals surface area contributed by atoms with Crippen molar-refractivity contribution in [1.29, 1.82) is 5.26 Å². The smallest absolute Gasteiger partial charge is 0.0962 e. The minimum atomic E-state index is 0.0137. The van der Waals surface area contributed by atoms with Crippen molar-refractivity contribution in [3.05, 3.63) is 15.6 Å². The number of nitrogens with zero attached hydrogens (tertiary/aromatic N) is 2. The Morgan fingerprint density at radius 1 is 1.28 bits per heavy atom. The lowest BCUT2D eigenvalue weighted by atomic mass is 9.90. The minimum absolute atomic E-state index is 0.0137. The second-order valence-electron chi connectivity index (χ2n) is 5.69. The van der Waals surface area contributed by atoms with Crippen molar-refractivity contribution in [1.82, 2.24) is 4.98 Å². The van der Waals surface area contributed by atoms with Crippen LogP contribution in [-0.4, -0.2) is 4.98 Å². The molecule has 0 radical (unpaired) electrons. The second-order valence-corrected chi connectivity index (χ2v) is 6.75. The summed E-state index contributed by atoms with van der Waals surface area (Å²) < 4.78 is 0. The van der Waals surface area contributed by atoms with Crippen LogP contribution in [0.3, 0.4) is 0 Å². The molecule has 0 N–H and O–H groups in total. The largest absolute Gasteiger partial charge is 0.246 e. The first-order valence-electron chi connectivity index (χ1n) is 7.00. The van der Waals surface area contributed by atoms with E-state index in [0.29, 0.717) is 11.8 Å². The van der Waals surface area contributed by atoms with Crippen LogP contribution in [0.2, 0.25) is 0 Å². The Morgan fingerprint density at radius 2 is 1.94 bits per heavy atom. The van der Waals surface area contributed by atoms with Gasteiger partial charge in [0.1, 0.15) is 0 Å². The van der Waals surface area contributed by atoms with E-state index in [1.165, 1.54) is 42.0 Å². The molecule has 1 aliphatic rings. The van der Waals surface area contributed by atoms with E-state index in [0.717, 1.165) is 5.69 Å². The van der Waals surface area contributed by atoms with Crippen molar-refractivity contribution in [2.24, 2.45) is 5.92 Å². The number of nitriles is 1. The lowest BCUT2D eigenvalue weighted by molar-refractivity contribution is 0.442. The van der Waals surface area contributed by atoms with Crippen LogP contribution in [0.1, 0.15) is 73.4 Å². The van der Waals surface area contributed by atoms with Gasteiger partial charge in [0.05, 0.1) is 22.7 Å². The highest BCUT2D eigenvalue weighted by Crippen LogP contribution is 2.39. The van der Waals surface area contributed by atoms with Crippen molar-refractivity contribution < 1.29 is 0 Å². The molecule has 1 heterocycles. The maximum absolute atomic E-state index is 9.32. The number of aryl methyl sites for hydroxylation is 1. The van der Waals surface area contributed by atoms with Crippen LogP contribution in [0.15, 0.2) is 0 Å². The van der Waals surface area contributed by atoms with Gasteiger partial charge < -0.3 is 0 Å². The third-order valence-electron chi connectivity index (χ3n) is 3.89. The maximum Gasteiger partial charge on any atom is 0.0962 e. The molecule has 2 rings (SSSR count). The standard InChI is InChI=1S/C15H22N2S/c1-10(2)13(9-16)14-11(3)17-15(18-14)12-7-5-4-6-8-12/h10,12-13H,4-8H2,1-3H3. The molecule has 1 saturated carbocycles. The molecule has 98 valence electrons. The minimum Gasteiger partial charge on any atom is -0.246 e. The van der Waals surface area contributed by atoms with Gasteiger partial charge in [-0.05, 0) is 25.7 Å². The van der Waals surface area contributed by atoms with Crippen molar-refractivity contribution in [2.75, 3.05) is 0 Å². The Bertz CT molecular complexity index is 436. The summed E-state index contributed by atoms with van der Waals surface area (Å²) in [4.78, 5) is 5.95. The summed E-state index contributed by atoms with van der Waals surface area (Å²) in [5.74, 6) is 1.04.